The maximum atomic E-state index is 13.2. The van der Waals surface area contributed by atoms with Gasteiger partial charge in [-0.2, -0.15) is 0 Å². The molecule has 0 bridgehead atoms. The summed E-state index contributed by atoms with van der Waals surface area (Å²) in [6, 6.07) is 5.44. The molecule has 2 rings (SSSR count). The van der Waals surface area contributed by atoms with Crippen LogP contribution in [0.3, 0.4) is 0 Å². The van der Waals surface area contributed by atoms with Crippen molar-refractivity contribution in [1.82, 2.24) is 0 Å². The van der Waals surface area contributed by atoms with Crippen LogP contribution in [-0.4, -0.2) is 18.4 Å². The van der Waals surface area contributed by atoms with Crippen LogP contribution in [0.2, 0.25) is 0 Å². The van der Waals surface area contributed by atoms with Crippen LogP contribution < -0.4 is 4.74 Å². The summed E-state index contributed by atoms with van der Waals surface area (Å²) in [5.74, 6) is 0.664. The highest BCUT2D eigenvalue weighted by atomic mass is 19.1. The molecule has 1 aromatic carbocycles. The Kier molecular flexibility index (Phi) is 2.42. The van der Waals surface area contributed by atoms with Crippen molar-refractivity contribution in [2.75, 3.05) is 7.11 Å². The number of aliphatic hydroxyl groups is 1. The summed E-state index contributed by atoms with van der Waals surface area (Å²) in [5, 5.41) is 9.62. The largest absolute Gasteiger partial charge is 0.497 e. The van der Waals surface area contributed by atoms with Gasteiger partial charge >= 0.3 is 0 Å². The Hall–Kier alpha value is -1.09. The molecule has 0 unspecified atom stereocenters. The predicted octanol–water partition coefficient (Wildman–Crippen LogP) is 2.01. The van der Waals surface area contributed by atoms with E-state index in [2.05, 4.69) is 0 Å². The lowest BCUT2D eigenvalue weighted by molar-refractivity contribution is 0.0641. The minimum absolute atomic E-state index is 0.403. The summed E-state index contributed by atoms with van der Waals surface area (Å²) in [5.41, 5.74) is 1.69. The van der Waals surface area contributed by atoms with E-state index >= 15 is 0 Å². The number of aryl methyl sites for hydroxylation is 1. The summed E-state index contributed by atoms with van der Waals surface area (Å²) in [4.78, 5) is 0. The van der Waals surface area contributed by atoms with E-state index < -0.39 is 12.3 Å². The zero-order valence-electron chi connectivity index (χ0n) is 8.03. The lowest BCUT2D eigenvalue weighted by Crippen LogP contribution is -2.21. The summed E-state index contributed by atoms with van der Waals surface area (Å²) >= 11 is 0. The topological polar surface area (TPSA) is 29.5 Å². The standard InChI is InChI=1S/C11H13FO2/c1-14-8-4-2-7-3-5-10(12)11(13)9(7)6-8/h2,4,6,10-11,13H,3,5H2,1H3/t10-,11+/m0/s1. The molecule has 0 radical (unpaired) electrons. The fourth-order valence-corrected chi connectivity index (χ4v) is 1.85. The minimum atomic E-state index is -1.14. The highest BCUT2D eigenvalue weighted by molar-refractivity contribution is 5.39. The van der Waals surface area contributed by atoms with Crippen LogP contribution >= 0.6 is 0 Å². The lowest BCUT2D eigenvalue weighted by atomic mass is 9.88. The maximum absolute atomic E-state index is 13.2. The molecule has 0 saturated carbocycles. The van der Waals surface area contributed by atoms with Crippen molar-refractivity contribution in [3.05, 3.63) is 29.3 Å². The van der Waals surface area contributed by atoms with Gasteiger partial charge < -0.3 is 9.84 Å². The van der Waals surface area contributed by atoms with Crippen molar-refractivity contribution in [2.45, 2.75) is 25.1 Å². The number of hydrogen-bond acceptors (Lipinski definition) is 2. The van der Waals surface area contributed by atoms with Gasteiger partial charge in [0.25, 0.3) is 0 Å². The Balaban J connectivity index is 2.41. The Bertz CT molecular complexity index is 338. The Morgan fingerprint density at radius 3 is 3.00 bits per heavy atom. The molecule has 0 heterocycles. The molecule has 0 aromatic heterocycles. The second kappa shape index (κ2) is 3.58. The van der Waals surface area contributed by atoms with Gasteiger partial charge in [-0.3, -0.25) is 0 Å². The van der Waals surface area contributed by atoms with Gasteiger partial charge in [0, 0.05) is 0 Å². The lowest BCUT2D eigenvalue weighted by Gasteiger charge is -2.25. The third kappa shape index (κ3) is 1.48. The second-order valence-electron chi connectivity index (χ2n) is 3.56. The molecule has 14 heavy (non-hydrogen) atoms. The molecule has 3 heteroatoms. The van der Waals surface area contributed by atoms with Crippen LogP contribution in [0.5, 0.6) is 5.75 Å². The smallest absolute Gasteiger partial charge is 0.130 e. The van der Waals surface area contributed by atoms with E-state index in [0.717, 1.165) is 5.56 Å². The molecular formula is C11H13FO2. The molecule has 0 amide bonds. The molecule has 76 valence electrons. The third-order valence-corrected chi connectivity index (χ3v) is 2.70. The fourth-order valence-electron chi connectivity index (χ4n) is 1.85. The summed E-state index contributed by atoms with van der Waals surface area (Å²) in [6.07, 6.45) is -1.04. The van der Waals surface area contributed by atoms with Crippen LogP contribution in [0.4, 0.5) is 4.39 Å². The summed E-state index contributed by atoms with van der Waals surface area (Å²) in [7, 11) is 1.56. The van der Waals surface area contributed by atoms with Crippen molar-refractivity contribution in [2.24, 2.45) is 0 Å². The molecule has 0 spiro atoms. The molecule has 0 fully saturated rings. The minimum Gasteiger partial charge on any atom is -0.497 e. The molecule has 1 aliphatic carbocycles. The van der Waals surface area contributed by atoms with E-state index in [-0.39, 0.29) is 0 Å². The predicted molar refractivity (Wildman–Crippen MR) is 51.2 cm³/mol. The summed E-state index contributed by atoms with van der Waals surface area (Å²) < 4.78 is 18.2. The molecule has 2 nitrogen and oxygen atoms in total. The first-order valence-electron chi connectivity index (χ1n) is 4.71. The number of ether oxygens (including phenoxy) is 1. The molecule has 1 aromatic rings. The van der Waals surface area contributed by atoms with Gasteiger partial charge in [0.2, 0.25) is 0 Å². The molecule has 0 saturated heterocycles. The van der Waals surface area contributed by atoms with Gasteiger partial charge in [-0.1, -0.05) is 6.07 Å². The SMILES string of the molecule is COc1ccc2c(c1)[C@@H](O)[C@@H](F)CC2. The van der Waals surface area contributed by atoms with Gasteiger partial charge in [-0.25, -0.2) is 4.39 Å². The van der Waals surface area contributed by atoms with E-state index in [0.29, 0.717) is 24.2 Å². The van der Waals surface area contributed by atoms with Crippen molar-refractivity contribution >= 4 is 0 Å². The number of methoxy groups -OCH3 is 1. The Morgan fingerprint density at radius 2 is 2.29 bits per heavy atom. The Labute approximate surface area is 82.3 Å². The van der Waals surface area contributed by atoms with E-state index in [1.165, 1.54) is 0 Å². The quantitative estimate of drug-likeness (QED) is 0.744. The van der Waals surface area contributed by atoms with Gasteiger partial charge in [0.15, 0.2) is 0 Å². The average molecular weight is 196 g/mol. The van der Waals surface area contributed by atoms with Gasteiger partial charge in [-0.15, -0.1) is 0 Å². The summed E-state index contributed by atoms with van der Waals surface area (Å²) in [6.45, 7) is 0. The van der Waals surface area contributed by atoms with Gasteiger partial charge in [0.05, 0.1) is 7.11 Å². The molecular weight excluding hydrogens is 183 g/mol. The number of hydrogen-bond donors (Lipinski definition) is 1. The number of alkyl halides is 1. The normalized spacial score (nSPS) is 25.6. The molecule has 1 N–H and O–H groups in total. The molecule has 2 atom stereocenters. The van der Waals surface area contributed by atoms with Crippen LogP contribution in [0.15, 0.2) is 18.2 Å². The number of benzene rings is 1. The van der Waals surface area contributed by atoms with E-state index in [1.807, 2.05) is 12.1 Å². The first kappa shape index (κ1) is 9.46. The first-order valence-corrected chi connectivity index (χ1v) is 4.71. The van der Waals surface area contributed by atoms with Crippen LogP contribution in [0.25, 0.3) is 0 Å². The number of rotatable bonds is 1. The van der Waals surface area contributed by atoms with Crippen molar-refractivity contribution in [1.29, 1.82) is 0 Å². The number of fused-ring (bicyclic) bond motifs is 1. The van der Waals surface area contributed by atoms with Crippen LogP contribution in [0, 0.1) is 0 Å². The van der Waals surface area contributed by atoms with E-state index in [1.54, 1.807) is 13.2 Å². The van der Waals surface area contributed by atoms with Crippen LogP contribution in [0.1, 0.15) is 23.7 Å². The van der Waals surface area contributed by atoms with Crippen molar-refractivity contribution in [3.8, 4) is 5.75 Å². The van der Waals surface area contributed by atoms with Gasteiger partial charge in [0.1, 0.15) is 18.0 Å². The molecule has 1 aliphatic rings. The van der Waals surface area contributed by atoms with Crippen molar-refractivity contribution in [3.63, 3.8) is 0 Å². The van der Waals surface area contributed by atoms with E-state index in [9.17, 15) is 9.50 Å². The number of aliphatic hydroxyl groups excluding tert-OH is 1. The highest BCUT2D eigenvalue weighted by Gasteiger charge is 2.27. The first-order chi connectivity index (χ1) is 6.72. The number of halogens is 1. The zero-order chi connectivity index (χ0) is 10.1. The third-order valence-electron chi connectivity index (χ3n) is 2.70. The fraction of sp³-hybridized carbons (Fsp3) is 0.455. The average Bonchev–Trinajstić information content (AvgIpc) is 2.23. The van der Waals surface area contributed by atoms with Gasteiger partial charge in [-0.05, 0) is 36.1 Å². The highest BCUT2D eigenvalue weighted by Crippen LogP contribution is 2.33. The van der Waals surface area contributed by atoms with E-state index in [4.69, 9.17) is 4.74 Å². The Morgan fingerprint density at radius 1 is 1.50 bits per heavy atom. The second-order valence-corrected chi connectivity index (χ2v) is 3.56. The zero-order valence-corrected chi connectivity index (χ0v) is 8.03. The van der Waals surface area contributed by atoms with Crippen molar-refractivity contribution < 1.29 is 14.2 Å². The monoisotopic (exact) mass is 196 g/mol. The van der Waals surface area contributed by atoms with Crippen LogP contribution in [-0.2, 0) is 6.42 Å². The maximum Gasteiger partial charge on any atom is 0.130 e. The molecule has 0 aliphatic heterocycles.